The molecule has 0 spiro atoms. The van der Waals surface area contributed by atoms with Crippen LogP contribution in [0.3, 0.4) is 0 Å². The molecule has 1 heterocycles. The molecule has 5 rings (SSSR count). The van der Waals surface area contributed by atoms with Crippen molar-refractivity contribution in [3.63, 3.8) is 0 Å². The first kappa shape index (κ1) is 22.2. The smallest absolute Gasteiger partial charge is 0.333 e. The third kappa shape index (κ3) is 4.34. The number of sulfonamides is 1. The Labute approximate surface area is 198 Å². The first-order chi connectivity index (χ1) is 15.8. The second-order valence-corrected chi connectivity index (χ2v) is 11.3. The third-order valence-corrected chi connectivity index (χ3v) is 8.63. The zero-order chi connectivity index (χ0) is 23.2. The van der Waals surface area contributed by atoms with E-state index < -0.39 is 16.1 Å². The van der Waals surface area contributed by atoms with E-state index in [1.54, 1.807) is 24.3 Å². The molecule has 0 saturated heterocycles. The van der Waals surface area contributed by atoms with Crippen molar-refractivity contribution in [3.05, 3.63) is 58.6 Å². The summed E-state index contributed by atoms with van der Waals surface area (Å²) in [5.41, 5.74) is 1.31. The number of nitrogens with zero attached hydrogens (tertiary/aromatic N) is 2. The lowest BCUT2D eigenvalue weighted by Gasteiger charge is -2.35. The van der Waals surface area contributed by atoms with Crippen molar-refractivity contribution in [1.29, 1.82) is 0 Å². The van der Waals surface area contributed by atoms with Crippen LogP contribution in [0.4, 0.5) is 10.5 Å². The molecule has 2 aromatic carbocycles. The van der Waals surface area contributed by atoms with E-state index in [0.29, 0.717) is 17.2 Å². The summed E-state index contributed by atoms with van der Waals surface area (Å²) in [6.07, 6.45) is 7.67. The number of hydrogen-bond acceptors (Lipinski definition) is 4. The minimum atomic E-state index is -4.08. The van der Waals surface area contributed by atoms with E-state index in [2.05, 4.69) is 10.2 Å². The highest BCUT2D eigenvalue weighted by atomic mass is 35.5. The lowest BCUT2D eigenvalue weighted by molar-refractivity contribution is 0.0614. The van der Waals surface area contributed by atoms with Crippen LogP contribution in [0.2, 0.25) is 5.02 Å². The van der Waals surface area contributed by atoms with E-state index in [1.807, 2.05) is 0 Å². The normalized spacial score (nSPS) is 20.2. The molecule has 0 bridgehead atoms. The van der Waals surface area contributed by atoms with Crippen LogP contribution in [0.5, 0.6) is 0 Å². The molecule has 1 aliphatic heterocycles. The van der Waals surface area contributed by atoms with Gasteiger partial charge in [-0.3, -0.25) is 4.79 Å². The summed E-state index contributed by atoms with van der Waals surface area (Å²) in [6.45, 7) is -0.173. The van der Waals surface area contributed by atoms with Crippen LogP contribution >= 0.6 is 11.6 Å². The van der Waals surface area contributed by atoms with E-state index in [1.165, 1.54) is 24.6 Å². The molecule has 0 radical (unpaired) electrons. The van der Waals surface area contributed by atoms with Gasteiger partial charge in [-0.15, -0.1) is 0 Å². The van der Waals surface area contributed by atoms with Crippen molar-refractivity contribution in [3.8, 4) is 0 Å². The Hall–Kier alpha value is -2.58. The zero-order valence-electron chi connectivity index (χ0n) is 18.2. The average molecular weight is 488 g/mol. The topological polar surface area (TPSA) is 86.8 Å². The fourth-order valence-corrected chi connectivity index (χ4v) is 6.56. The second-order valence-electron chi connectivity index (χ2n) is 9.02. The van der Waals surface area contributed by atoms with Gasteiger partial charge in [0.1, 0.15) is 4.90 Å². The van der Waals surface area contributed by atoms with Gasteiger partial charge in [0.25, 0.3) is 15.9 Å². The summed E-state index contributed by atoms with van der Waals surface area (Å²) in [4.78, 5) is 28.1. The Kier molecular flexibility index (Phi) is 5.82. The number of benzene rings is 2. The van der Waals surface area contributed by atoms with Gasteiger partial charge in [-0.25, -0.2) is 17.5 Å². The molecule has 3 amide bonds. The highest BCUT2D eigenvalue weighted by molar-refractivity contribution is 7.90. The Morgan fingerprint density at radius 3 is 2.48 bits per heavy atom. The predicted molar refractivity (Wildman–Crippen MR) is 126 cm³/mol. The van der Waals surface area contributed by atoms with Gasteiger partial charge in [0.15, 0.2) is 0 Å². The van der Waals surface area contributed by atoms with Gasteiger partial charge in [-0.05, 0) is 61.6 Å². The quantitative estimate of drug-likeness (QED) is 0.642. The number of amides is 3. The first-order valence-corrected chi connectivity index (χ1v) is 13.2. The van der Waals surface area contributed by atoms with E-state index in [0.717, 1.165) is 42.8 Å². The fraction of sp³-hybridized carbons (Fsp3) is 0.417. The largest absolute Gasteiger partial charge is 0.336 e. The molecular weight excluding hydrogens is 462 g/mol. The maximum absolute atomic E-state index is 13.5. The van der Waals surface area contributed by atoms with E-state index in [9.17, 15) is 18.0 Å². The highest BCUT2D eigenvalue weighted by Crippen LogP contribution is 2.36. The number of anilines is 1. The number of rotatable bonds is 5. The van der Waals surface area contributed by atoms with Crippen molar-refractivity contribution in [2.45, 2.75) is 68.5 Å². The number of urea groups is 1. The molecular formula is C24H26ClN3O4S. The standard InChI is InChI=1S/C24H26ClN3O4S/c25-18-9-12-21-22(14-18)33(31,32)27(24(30)26-21)15-16-5-4-6-17(13-16)23(29)28(20-10-11-20)19-7-2-1-3-8-19/h4-6,9,12-14,19-20H,1-3,7-8,10-11,15H2,(H,26,30). The van der Waals surface area contributed by atoms with Gasteiger partial charge in [0, 0.05) is 22.7 Å². The molecule has 0 aromatic heterocycles. The molecule has 7 nitrogen and oxygen atoms in total. The molecule has 3 aliphatic rings. The summed E-state index contributed by atoms with van der Waals surface area (Å²) in [5.74, 6) is -0.00525. The lowest BCUT2D eigenvalue weighted by atomic mass is 9.93. The maximum atomic E-state index is 13.5. The first-order valence-electron chi connectivity index (χ1n) is 11.4. The fourth-order valence-electron chi connectivity index (χ4n) is 4.83. The Morgan fingerprint density at radius 2 is 1.76 bits per heavy atom. The van der Waals surface area contributed by atoms with E-state index in [-0.39, 0.29) is 34.1 Å². The predicted octanol–water partition coefficient (Wildman–Crippen LogP) is 5.01. The van der Waals surface area contributed by atoms with Gasteiger partial charge >= 0.3 is 6.03 Å². The monoisotopic (exact) mass is 487 g/mol. The van der Waals surface area contributed by atoms with Crippen LogP contribution in [0.1, 0.15) is 60.9 Å². The third-order valence-electron chi connectivity index (χ3n) is 6.62. The number of hydrogen-bond donors (Lipinski definition) is 1. The van der Waals surface area contributed by atoms with Crippen molar-refractivity contribution >= 4 is 39.2 Å². The van der Waals surface area contributed by atoms with Crippen molar-refractivity contribution in [2.75, 3.05) is 5.32 Å². The molecule has 2 saturated carbocycles. The summed E-state index contributed by atoms with van der Waals surface area (Å²) in [6, 6.07) is 11.1. The minimum Gasteiger partial charge on any atom is -0.333 e. The van der Waals surface area contributed by atoms with Crippen LogP contribution in [-0.2, 0) is 16.6 Å². The van der Waals surface area contributed by atoms with Gasteiger partial charge in [0.2, 0.25) is 0 Å². The summed E-state index contributed by atoms with van der Waals surface area (Å²) in [7, 11) is -4.08. The molecule has 1 N–H and O–H groups in total. The minimum absolute atomic E-state index is 0.00525. The zero-order valence-corrected chi connectivity index (χ0v) is 19.7. The van der Waals surface area contributed by atoms with Crippen LogP contribution in [0.15, 0.2) is 47.4 Å². The van der Waals surface area contributed by atoms with Gasteiger partial charge in [0.05, 0.1) is 12.2 Å². The number of nitrogens with one attached hydrogen (secondary N) is 1. The van der Waals surface area contributed by atoms with Gasteiger partial charge < -0.3 is 10.2 Å². The van der Waals surface area contributed by atoms with E-state index in [4.69, 9.17) is 11.6 Å². The molecule has 2 fully saturated rings. The lowest BCUT2D eigenvalue weighted by Crippen LogP contribution is -2.44. The summed E-state index contributed by atoms with van der Waals surface area (Å²) < 4.78 is 27.1. The second kappa shape index (κ2) is 8.65. The SMILES string of the molecule is O=C(c1cccc(CN2C(=O)Nc3ccc(Cl)cc3S2(=O)=O)c1)N(C1CCCCC1)C1CC1. The number of halogens is 1. The number of carbonyl (C=O) groups is 2. The summed E-state index contributed by atoms with van der Waals surface area (Å²) in [5, 5.41) is 2.88. The summed E-state index contributed by atoms with van der Waals surface area (Å²) >= 11 is 5.99. The molecule has 33 heavy (non-hydrogen) atoms. The molecule has 2 aliphatic carbocycles. The van der Waals surface area contributed by atoms with Crippen LogP contribution in [-0.4, -0.2) is 41.6 Å². The van der Waals surface area contributed by atoms with Crippen LogP contribution in [0.25, 0.3) is 0 Å². The Morgan fingerprint density at radius 1 is 1.03 bits per heavy atom. The Bertz CT molecular complexity index is 1210. The van der Waals surface area contributed by atoms with Crippen LogP contribution in [0, 0.1) is 0 Å². The van der Waals surface area contributed by atoms with Crippen molar-refractivity contribution in [1.82, 2.24) is 9.21 Å². The number of carbonyl (C=O) groups excluding carboxylic acids is 2. The van der Waals surface area contributed by atoms with Crippen molar-refractivity contribution in [2.24, 2.45) is 0 Å². The molecule has 0 unspecified atom stereocenters. The molecule has 2 aromatic rings. The van der Waals surface area contributed by atoms with Crippen LogP contribution < -0.4 is 5.32 Å². The van der Waals surface area contributed by atoms with Gasteiger partial charge in [-0.2, -0.15) is 0 Å². The molecule has 0 atom stereocenters. The average Bonchev–Trinajstić information content (AvgIpc) is 3.64. The Balaban J connectivity index is 1.40. The van der Waals surface area contributed by atoms with Gasteiger partial charge in [-0.1, -0.05) is 43.0 Å². The van der Waals surface area contributed by atoms with Crippen molar-refractivity contribution < 1.29 is 18.0 Å². The molecule has 174 valence electrons. The maximum Gasteiger partial charge on any atom is 0.336 e. The molecule has 9 heteroatoms. The van der Waals surface area contributed by atoms with E-state index >= 15 is 0 Å². The highest BCUT2D eigenvalue weighted by Gasteiger charge is 2.39. The number of fused-ring (bicyclic) bond motifs is 1.